The average molecular weight is 251 g/mol. The zero-order valence-electron chi connectivity index (χ0n) is 10.2. The molecule has 0 radical (unpaired) electrons. The van der Waals surface area contributed by atoms with Gasteiger partial charge in [0.1, 0.15) is 0 Å². The van der Waals surface area contributed by atoms with Crippen LogP contribution in [0.25, 0.3) is 0 Å². The molecule has 2 aliphatic rings. The predicted octanol–water partition coefficient (Wildman–Crippen LogP) is 2.46. The van der Waals surface area contributed by atoms with E-state index in [1.165, 1.54) is 43.6 Å². The van der Waals surface area contributed by atoms with E-state index in [2.05, 4.69) is 32.8 Å². The lowest BCUT2D eigenvalue weighted by Gasteiger charge is -2.29. The molecular formula is C13H21N3S. The van der Waals surface area contributed by atoms with Crippen LogP contribution in [-0.2, 0) is 0 Å². The van der Waals surface area contributed by atoms with Crippen molar-refractivity contribution in [3.63, 3.8) is 0 Å². The molecular weight excluding hydrogens is 230 g/mol. The summed E-state index contributed by atoms with van der Waals surface area (Å²) in [6, 6.07) is 2.03. The van der Waals surface area contributed by atoms with Crippen molar-refractivity contribution in [3.05, 3.63) is 18.7 Å². The van der Waals surface area contributed by atoms with Gasteiger partial charge in [0.15, 0.2) is 0 Å². The van der Waals surface area contributed by atoms with Gasteiger partial charge in [-0.3, -0.25) is 0 Å². The smallest absolute Gasteiger partial charge is 0.0949 e. The molecule has 1 aromatic heterocycles. The minimum Gasteiger partial charge on any atom is -0.333 e. The average Bonchev–Trinajstić information content (AvgIpc) is 3.00. The molecule has 3 nitrogen and oxygen atoms in total. The number of nitrogens with zero attached hydrogens (tertiary/aromatic N) is 2. The monoisotopic (exact) mass is 251 g/mol. The van der Waals surface area contributed by atoms with Gasteiger partial charge in [-0.2, -0.15) is 11.8 Å². The Balaban J connectivity index is 1.61. The number of hydrogen-bond donors (Lipinski definition) is 1. The number of nitrogens with one attached hydrogen (secondary N) is 1. The molecule has 1 aromatic rings. The molecule has 0 amide bonds. The van der Waals surface area contributed by atoms with Gasteiger partial charge in [-0.25, -0.2) is 4.98 Å². The van der Waals surface area contributed by atoms with Crippen LogP contribution >= 0.6 is 11.8 Å². The van der Waals surface area contributed by atoms with Gasteiger partial charge in [0.05, 0.1) is 6.33 Å². The van der Waals surface area contributed by atoms with E-state index >= 15 is 0 Å². The van der Waals surface area contributed by atoms with Crippen molar-refractivity contribution < 1.29 is 0 Å². The molecule has 1 saturated heterocycles. The summed E-state index contributed by atoms with van der Waals surface area (Å²) >= 11 is 2.10. The third kappa shape index (κ3) is 2.68. The van der Waals surface area contributed by atoms with Crippen molar-refractivity contribution in [2.24, 2.45) is 0 Å². The molecule has 2 fully saturated rings. The van der Waals surface area contributed by atoms with Crippen molar-refractivity contribution in [3.8, 4) is 0 Å². The lowest BCUT2D eigenvalue weighted by molar-refractivity contribution is 0.350. The molecule has 17 heavy (non-hydrogen) atoms. The highest BCUT2D eigenvalue weighted by Crippen LogP contribution is 2.31. The molecule has 1 saturated carbocycles. The van der Waals surface area contributed by atoms with Crippen LogP contribution in [-0.4, -0.2) is 33.1 Å². The Hall–Kier alpha value is -0.480. The first-order valence-corrected chi connectivity index (χ1v) is 7.90. The zero-order chi connectivity index (χ0) is 11.5. The molecule has 0 bridgehead atoms. The zero-order valence-corrected chi connectivity index (χ0v) is 11.0. The molecule has 1 N–H and O–H groups in total. The number of rotatable bonds is 3. The minimum atomic E-state index is 0.629. The Morgan fingerprint density at radius 3 is 3.00 bits per heavy atom. The third-order valence-electron chi connectivity index (χ3n) is 4.00. The summed E-state index contributed by atoms with van der Waals surface area (Å²) in [5.74, 6) is 2.65. The van der Waals surface area contributed by atoms with E-state index in [0.717, 1.165) is 6.04 Å². The summed E-state index contributed by atoms with van der Waals surface area (Å²) in [5, 5.41) is 3.89. The molecule has 0 spiro atoms. The van der Waals surface area contributed by atoms with Crippen LogP contribution in [0.15, 0.2) is 18.7 Å². The van der Waals surface area contributed by atoms with E-state index in [1.807, 2.05) is 12.5 Å². The van der Waals surface area contributed by atoms with E-state index in [0.29, 0.717) is 12.1 Å². The fraction of sp³-hybridized carbons (Fsp3) is 0.769. The second-order valence-corrected chi connectivity index (χ2v) is 6.35. The predicted molar refractivity (Wildman–Crippen MR) is 72.4 cm³/mol. The van der Waals surface area contributed by atoms with Crippen LogP contribution in [0.5, 0.6) is 0 Å². The highest BCUT2D eigenvalue weighted by molar-refractivity contribution is 7.99. The van der Waals surface area contributed by atoms with Crippen molar-refractivity contribution >= 4 is 11.8 Å². The first kappa shape index (κ1) is 11.6. The number of hydrogen-bond acceptors (Lipinski definition) is 3. The molecule has 3 rings (SSSR count). The largest absolute Gasteiger partial charge is 0.333 e. The molecule has 2 heterocycles. The Labute approximate surface area is 107 Å². The lowest BCUT2D eigenvalue weighted by Crippen LogP contribution is -2.43. The fourth-order valence-corrected chi connectivity index (χ4v) is 4.22. The third-order valence-corrected chi connectivity index (χ3v) is 5.21. The lowest BCUT2D eigenvalue weighted by atomic mass is 10.1. The van der Waals surface area contributed by atoms with E-state index in [1.54, 1.807) is 0 Å². The SMILES string of the molecule is c1cn(C2CCCC2NC2CCCSC2)cn1. The number of aromatic nitrogens is 2. The van der Waals surface area contributed by atoms with Gasteiger partial charge in [-0.15, -0.1) is 0 Å². The van der Waals surface area contributed by atoms with Crippen LogP contribution in [0.3, 0.4) is 0 Å². The Kier molecular flexibility index (Phi) is 3.71. The molecule has 4 heteroatoms. The van der Waals surface area contributed by atoms with Crippen LogP contribution in [0.2, 0.25) is 0 Å². The number of thioether (sulfide) groups is 1. The molecule has 3 unspecified atom stereocenters. The van der Waals surface area contributed by atoms with Crippen LogP contribution in [0.4, 0.5) is 0 Å². The van der Waals surface area contributed by atoms with Gasteiger partial charge in [0.2, 0.25) is 0 Å². The summed E-state index contributed by atoms with van der Waals surface area (Å²) in [4.78, 5) is 4.18. The normalized spacial score (nSPS) is 34.0. The summed E-state index contributed by atoms with van der Waals surface area (Å²) < 4.78 is 2.29. The quantitative estimate of drug-likeness (QED) is 0.895. The Morgan fingerprint density at radius 1 is 1.24 bits per heavy atom. The van der Waals surface area contributed by atoms with Gasteiger partial charge in [-0.1, -0.05) is 0 Å². The number of imidazole rings is 1. The maximum Gasteiger partial charge on any atom is 0.0949 e. The molecule has 3 atom stereocenters. The van der Waals surface area contributed by atoms with Crippen molar-refractivity contribution in [1.29, 1.82) is 0 Å². The highest BCUT2D eigenvalue weighted by atomic mass is 32.2. The van der Waals surface area contributed by atoms with Gasteiger partial charge < -0.3 is 9.88 Å². The van der Waals surface area contributed by atoms with E-state index < -0.39 is 0 Å². The van der Waals surface area contributed by atoms with Crippen LogP contribution in [0.1, 0.15) is 38.1 Å². The van der Waals surface area contributed by atoms with Crippen LogP contribution in [0, 0.1) is 0 Å². The van der Waals surface area contributed by atoms with Gasteiger partial charge in [-0.05, 0) is 37.9 Å². The van der Waals surface area contributed by atoms with Gasteiger partial charge >= 0.3 is 0 Å². The van der Waals surface area contributed by atoms with Gasteiger partial charge in [0, 0.05) is 36.3 Å². The molecule has 1 aliphatic carbocycles. The summed E-state index contributed by atoms with van der Waals surface area (Å²) in [6.45, 7) is 0. The second-order valence-electron chi connectivity index (χ2n) is 5.20. The molecule has 94 valence electrons. The second kappa shape index (κ2) is 5.44. The first-order valence-electron chi connectivity index (χ1n) is 6.75. The topological polar surface area (TPSA) is 29.9 Å². The first-order chi connectivity index (χ1) is 8.43. The summed E-state index contributed by atoms with van der Waals surface area (Å²) in [7, 11) is 0. The minimum absolute atomic E-state index is 0.629. The molecule has 0 aromatic carbocycles. The fourth-order valence-electron chi connectivity index (χ4n) is 3.13. The van der Waals surface area contributed by atoms with E-state index in [4.69, 9.17) is 0 Å². The van der Waals surface area contributed by atoms with E-state index in [-0.39, 0.29) is 0 Å². The Morgan fingerprint density at radius 2 is 2.24 bits per heavy atom. The summed E-state index contributed by atoms with van der Waals surface area (Å²) in [6.07, 6.45) is 12.7. The van der Waals surface area contributed by atoms with Crippen LogP contribution < -0.4 is 5.32 Å². The summed E-state index contributed by atoms with van der Waals surface area (Å²) in [5.41, 5.74) is 0. The van der Waals surface area contributed by atoms with Crippen molar-refractivity contribution in [1.82, 2.24) is 14.9 Å². The van der Waals surface area contributed by atoms with Crippen molar-refractivity contribution in [2.45, 2.75) is 50.2 Å². The maximum absolute atomic E-state index is 4.18. The van der Waals surface area contributed by atoms with E-state index in [9.17, 15) is 0 Å². The Bertz CT molecular complexity index is 332. The highest BCUT2D eigenvalue weighted by Gasteiger charge is 2.30. The van der Waals surface area contributed by atoms with Gasteiger partial charge in [0.25, 0.3) is 0 Å². The van der Waals surface area contributed by atoms with Crippen molar-refractivity contribution in [2.75, 3.05) is 11.5 Å². The standard InChI is InChI=1S/C13H21N3S/c1-4-12(15-11-3-2-8-17-9-11)13(5-1)16-7-6-14-10-16/h6-7,10-13,15H,1-5,8-9H2. The maximum atomic E-state index is 4.18. The molecule has 1 aliphatic heterocycles.